The van der Waals surface area contributed by atoms with Crippen LogP contribution < -0.4 is 0 Å². The lowest BCUT2D eigenvalue weighted by Gasteiger charge is -2.39. The summed E-state index contributed by atoms with van der Waals surface area (Å²) in [5, 5.41) is 0. The molecule has 0 aliphatic carbocycles. The summed E-state index contributed by atoms with van der Waals surface area (Å²) in [6.07, 6.45) is -3.73. The van der Waals surface area contributed by atoms with Crippen LogP contribution in [0.25, 0.3) is 0 Å². The van der Waals surface area contributed by atoms with Gasteiger partial charge in [0.1, 0.15) is 0 Å². The molecule has 1 aliphatic rings. The second-order valence-electron chi connectivity index (χ2n) is 7.06. The van der Waals surface area contributed by atoms with Crippen molar-refractivity contribution in [3.8, 4) is 0 Å². The SMILES string of the molecule is CN(Cc1ccc(Br)cc1)C(=O)C1(c2cccc(C(F)(F)F)c2)CCOCC1. The molecule has 7 heteroatoms. The zero-order chi connectivity index (χ0) is 20.4. The second kappa shape index (κ2) is 8.25. The van der Waals surface area contributed by atoms with Crippen LogP contribution in [-0.4, -0.2) is 31.1 Å². The van der Waals surface area contributed by atoms with Gasteiger partial charge in [0, 0.05) is 31.3 Å². The fourth-order valence-electron chi connectivity index (χ4n) is 3.64. The Morgan fingerprint density at radius 1 is 1.14 bits per heavy atom. The van der Waals surface area contributed by atoms with Crippen LogP contribution in [-0.2, 0) is 27.7 Å². The lowest BCUT2D eigenvalue weighted by atomic mass is 9.72. The Hall–Kier alpha value is -1.86. The number of halogens is 4. The minimum Gasteiger partial charge on any atom is -0.381 e. The van der Waals surface area contributed by atoms with Crippen molar-refractivity contribution in [2.24, 2.45) is 0 Å². The van der Waals surface area contributed by atoms with Gasteiger partial charge in [0.2, 0.25) is 5.91 Å². The minimum absolute atomic E-state index is 0.182. The Morgan fingerprint density at radius 2 is 1.79 bits per heavy atom. The lowest BCUT2D eigenvalue weighted by Crippen LogP contribution is -2.48. The zero-order valence-corrected chi connectivity index (χ0v) is 17.0. The molecule has 1 saturated heterocycles. The van der Waals surface area contributed by atoms with Crippen molar-refractivity contribution in [2.45, 2.75) is 31.0 Å². The molecule has 150 valence electrons. The van der Waals surface area contributed by atoms with E-state index in [-0.39, 0.29) is 5.91 Å². The first-order valence-electron chi connectivity index (χ1n) is 8.98. The number of carbonyl (C=O) groups excluding carboxylic acids is 1. The predicted molar refractivity (Wildman–Crippen MR) is 104 cm³/mol. The average Bonchev–Trinajstić information content (AvgIpc) is 2.69. The molecule has 2 aromatic rings. The van der Waals surface area contributed by atoms with E-state index in [2.05, 4.69) is 15.9 Å². The molecule has 1 aliphatic heterocycles. The van der Waals surface area contributed by atoms with Crippen LogP contribution in [0.5, 0.6) is 0 Å². The molecule has 0 bridgehead atoms. The summed E-state index contributed by atoms with van der Waals surface area (Å²) in [5.74, 6) is -0.182. The Bertz CT molecular complexity index is 830. The Morgan fingerprint density at radius 3 is 2.39 bits per heavy atom. The van der Waals surface area contributed by atoms with Crippen molar-refractivity contribution >= 4 is 21.8 Å². The molecule has 3 nitrogen and oxygen atoms in total. The number of likely N-dealkylation sites (N-methyl/N-ethyl adjacent to an activating group) is 1. The Kier molecular flexibility index (Phi) is 6.15. The van der Waals surface area contributed by atoms with Crippen molar-refractivity contribution in [2.75, 3.05) is 20.3 Å². The molecule has 0 aromatic heterocycles. The maximum Gasteiger partial charge on any atom is 0.416 e. The maximum absolute atomic E-state index is 13.4. The first-order chi connectivity index (χ1) is 13.2. The highest BCUT2D eigenvalue weighted by Gasteiger charge is 2.44. The first-order valence-corrected chi connectivity index (χ1v) is 9.77. The van der Waals surface area contributed by atoms with Crippen LogP contribution in [0.15, 0.2) is 53.0 Å². The van der Waals surface area contributed by atoms with E-state index in [1.165, 1.54) is 6.07 Å². The number of hydrogen-bond donors (Lipinski definition) is 0. The Labute approximate surface area is 170 Å². The van der Waals surface area contributed by atoms with Crippen LogP contribution in [0.3, 0.4) is 0 Å². The highest BCUT2D eigenvalue weighted by atomic mass is 79.9. The van der Waals surface area contributed by atoms with E-state index in [9.17, 15) is 18.0 Å². The largest absolute Gasteiger partial charge is 0.416 e. The molecule has 0 atom stereocenters. The van der Waals surface area contributed by atoms with E-state index < -0.39 is 17.2 Å². The predicted octanol–water partition coefficient (Wildman–Crippen LogP) is 5.17. The number of alkyl halides is 3. The summed E-state index contributed by atoms with van der Waals surface area (Å²) in [6, 6.07) is 12.7. The molecule has 0 spiro atoms. The van der Waals surface area contributed by atoms with Gasteiger partial charge in [-0.15, -0.1) is 0 Å². The number of amides is 1. The van der Waals surface area contributed by atoms with Crippen molar-refractivity contribution < 1.29 is 22.7 Å². The molecule has 1 amide bonds. The molecule has 1 heterocycles. The summed E-state index contributed by atoms with van der Waals surface area (Å²) >= 11 is 3.38. The topological polar surface area (TPSA) is 29.5 Å². The molecule has 3 rings (SSSR count). The van der Waals surface area contributed by atoms with E-state index in [4.69, 9.17) is 4.74 Å². The highest BCUT2D eigenvalue weighted by molar-refractivity contribution is 9.10. The van der Waals surface area contributed by atoms with Crippen molar-refractivity contribution in [1.82, 2.24) is 4.90 Å². The first kappa shape index (κ1) is 20.9. The molecule has 0 unspecified atom stereocenters. The van der Waals surface area contributed by atoms with Crippen LogP contribution >= 0.6 is 15.9 Å². The summed E-state index contributed by atoms with van der Waals surface area (Å²) in [6.45, 7) is 1.07. The molecule has 1 fully saturated rings. The zero-order valence-electron chi connectivity index (χ0n) is 15.4. The van der Waals surface area contributed by atoms with Crippen LogP contribution in [0.4, 0.5) is 13.2 Å². The third kappa shape index (κ3) is 4.41. The van der Waals surface area contributed by atoms with Gasteiger partial charge in [-0.05, 0) is 42.2 Å². The number of hydrogen-bond acceptors (Lipinski definition) is 2. The number of nitrogens with zero attached hydrogens (tertiary/aromatic N) is 1. The van der Waals surface area contributed by atoms with E-state index in [1.807, 2.05) is 24.3 Å². The van der Waals surface area contributed by atoms with Crippen molar-refractivity contribution in [3.05, 3.63) is 69.7 Å². The van der Waals surface area contributed by atoms with Gasteiger partial charge in [-0.1, -0.05) is 46.3 Å². The van der Waals surface area contributed by atoms with Gasteiger partial charge in [0.25, 0.3) is 0 Å². The van der Waals surface area contributed by atoms with Crippen molar-refractivity contribution in [3.63, 3.8) is 0 Å². The highest BCUT2D eigenvalue weighted by Crippen LogP contribution is 2.39. The number of ether oxygens (including phenoxy) is 1. The summed E-state index contributed by atoms with van der Waals surface area (Å²) in [7, 11) is 1.69. The van der Waals surface area contributed by atoms with Crippen LogP contribution in [0.2, 0.25) is 0 Å². The molecule has 0 radical (unpaired) electrons. The van der Waals surface area contributed by atoms with Gasteiger partial charge >= 0.3 is 6.18 Å². The van der Waals surface area contributed by atoms with Crippen LogP contribution in [0, 0.1) is 0 Å². The average molecular weight is 456 g/mol. The normalized spacial score (nSPS) is 16.6. The van der Waals surface area contributed by atoms with E-state index in [1.54, 1.807) is 18.0 Å². The smallest absolute Gasteiger partial charge is 0.381 e. The van der Waals surface area contributed by atoms with Gasteiger partial charge in [-0.3, -0.25) is 4.79 Å². The van der Waals surface area contributed by atoms with E-state index in [0.717, 1.165) is 22.2 Å². The fourth-order valence-corrected chi connectivity index (χ4v) is 3.90. The van der Waals surface area contributed by atoms with Crippen LogP contribution in [0.1, 0.15) is 29.5 Å². The fraction of sp³-hybridized carbons (Fsp3) is 0.381. The molecular weight excluding hydrogens is 435 g/mol. The number of benzene rings is 2. The minimum atomic E-state index is -4.45. The van der Waals surface area contributed by atoms with Gasteiger partial charge in [-0.25, -0.2) is 0 Å². The van der Waals surface area contributed by atoms with Crippen molar-refractivity contribution in [1.29, 1.82) is 0 Å². The van der Waals surface area contributed by atoms with E-state index >= 15 is 0 Å². The third-order valence-corrected chi connectivity index (χ3v) is 5.71. The number of rotatable bonds is 4. The lowest BCUT2D eigenvalue weighted by molar-refractivity contribution is -0.141. The van der Waals surface area contributed by atoms with Gasteiger partial charge < -0.3 is 9.64 Å². The van der Waals surface area contributed by atoms with Gasteiger partial charge in [0.15, 0.2) is 0 Å². The quantitative estimate of drug-likeness (QED) is 0.635. The maximum atomic E-state index is 13.4. The number of carbonyl (C=O) groups is 1. The second-order valence-corrected chi connectivity index (χ2v) is 7.98. The molecule has 28 heavy (non-hydrogen) atoms. The van der Waals surface area contributed by atoms with Gasteiger partial charge in [0.05, 0.1) is 11.0 Å². The molecular formula is C21H21BrF3NO2. The summed E-state index contributed by atoms with van der Waals surface area (Å²) in [5.41, 5.74) is -0.397. The summed E-state index contributed by atoms with van der Waals surface area (Å²) < 4.78 is 46.0. The van der Waals surface area contributed by atoms with E-state index in [0.29, 0.717) is 38.2 Å². The molecule has 2 aromatic carbocycles. The Balaban J connectivity index is 1.92. The third-order valence-electron chi connectivity index (χ3n) is 5.18. The molecule has 0 saturated carbocycles. The molecule has 0 N–H and O–H groups in total. The monoisotopic (exact) mass is 455 g/mol. The van der Waals surface area contributed by atoms with Gasteiger partial charge in [-0.2, -0.15) is 13.2 Å². The summed E-state index contributed by atoms with van der Waals surface area (Å²) in [4.78, 5) is 15.0. The standard InChI is InChI=1S/C21H21BrF3NO2/c1-26(14-15-5-7-18(22)8-6-15)19(27)20(9-11-28-12-10-20)16-3-2-4-17(13-16)21(23,24)25/h2-8,13H,9-12,14H2,1H3.